The van der Waals surface area contributed by atoms with Gasteiger partial charge in [0.1, 0.15) is 24.6 Å². The number of amidine groups is 1. The van der Waals surface area contributed by atoms with Gasteiger partial charge in [0.15, 0.2) is 11.5 Å². The molecule has 0 aromatic heterocycles. The van der Waals surface area contributed by atoms with Crippen LogP contribution in [0.4, 0.5) is 11.4 Å². The van der Waals surface area contributed by atoms with Crippen LogP contribution in [0.15, 0.2) is 45.7 Å². The van der Waals surface area contributed by atoms with Gasteiger partial charge in [-0.15, -0.1) is 4.40 Å². The summed E-state index contributed by atoms with van der Waals surface area (Å²) in [6, 6.07) is 7.95. The quantitative estimate of drug-likeness (QED) is 0.530. The Balaban J connectivity index is 1.62. The Labute approximate surface area is 183 Å². The maximum absolute atomic E-state index is 12.8. The largest absolute Gasteiger partial charge is 0.486 e. The van der Waals surface area contributed by atoms with Gasteiger partial charge in [0, 0.05) is 31.8 Å². The molecule has 2 aliphatic heterocycles. The van der Waals surface area contributed by atoms with Crippen LogP contribution in [-0.2, 0) is 10.0 Å². The standard InChI is InChI=1S/C20H20N4O7S/c1-23-7-3-6-19(23)22-32(28,29)14-5-2-4-13(10-14)21-20(25)15-11-17-18(31-9-8-30-17)12-16(15)24(26)27/h2,4-5,10-12H,3,6-9H2,1H3,(H,21,25)/b22-19+. The van der Waals surface area contributed by atoms with Crippen molar-refractivity contribution in [2.75, 3.05) is 32.1 Å². The zero-order chi connectivity index (χ0) is 22.9. The maximum atomic E-state index is 12.8. The number of amides is 1. The molecule has 168 valence electrons. The molecule has 1 saturated heterocycles. The number of anilines is 1. The number of carbonyl (C=O) groups excluding carboxylic acids is 1. The Morgan fingerprint density at radius 2 is 1.91 bits per heavy atom. The van der Waals surface area contributed by atoms with Crippen molar-refractivity contribution in [3.8, 4) is 11.5 Å². The molecule has 1 N–H and O–H groups in total. The van der Waals surface area contributed by atoms with Crippen LogP contribution in [0.1, 0.15) is 23.2 Å². The summed E-state index contributed by atoms with van der Waals surface area (Å²) in [7, 11) is -2.21. The lowest BCUT2D eigenvalue weighted by molar-refractivity contribution is -0.385. The van der Waals surface area contributed by atoms with Crippen molar-refractivity contribution in [2.24, 2.45) is 4.40 Å². The van der Waals surface area contributed by atoms with Crippen molar-refractivity contribution >= 4 is 33.1 Å². The van der Waals surface area contributed by atoms with Gasteiger partial charge in [0.2, 0.25) is 0 Å². The monoisotopic (exact) mass is 460 g/mol. The van der Waals surface area contributed by atoms with E-state index in [1.807, 2.05) is 0 Å². The first-order valence-corrected chi connectivity index (χ1v) is 11.2. The van der Waals surface area contributed by atoms with Gasteiger partial charge in [-0.25, -0.2) is 0 Å². The number of nitro groups is 1. The number of nitro benzene ring substituents is 1. The third-order valence-corrected chi connectivity index (χ3v) is 6.35. The van der Waals surface area contributed by atoms with Crippen LogP contribution in [0, 0.1) is 10.1 Å². The Morgan fingerprint density at radius 1 is 1.19 bits per heavy atom. The first kappa shape index (κ1) is 21.6. The number of rotatable bonds is 5. The van der Waals surface area contributed by atoms with Crippen molar-refractivity contribution in [3.63, 3.8) is 0 Å². The third kappa shape index (κ3) is 4.35. The highest BCUT2D eigenvalue weighted by molar-refractivity contribution is 7.90. The van der Waals surface area contributed by atoms with E-state index in [0.717, 1.165) is 19.0 Å². The molecule has 2 heterocycles. The van der Waals surface area contributed by atoms with E-state index < -0.39 is 26.5 Å². The summed E-state index contributed by atoms with van der Waals surface area (Å²) in [5, 5.41) is 14.0. The van der Waals surface area contributed by atoms with Crippen LogP contribution in [0.2, 0.25) is 0 Å². The van der Waals surface area contributed by atoms with Crippen molar-refractivity contribution < 1.29 is 27.6 Å². The highest BCUT2D eigenvalue weighted by Gasteiger charge is 2.27. The number of likely N-dealkylation sites (tertiary alicyclic amines) is 1. The molecule has 32 heavy (non-hydrogen) atoms. The zero-order valence-corrected chi connectivity index (χ0v) is 17.9. The van der Waals surface area contributed by atoms with Gasteiger partial charge in [0.25, 0.3) is 21.6 Å². The predicted molar refractivity (Wildman–Crippen MR) is 115 cm³/mol. The smallest absolute Gasteiger partial charge is 0.286 e. The highest BCUT2D eigenvalue weighted by atomic mass is 32.2. The number of sulfonamides is 1. The number of benzene rings is 2. The lowest BCUT2D eigenvalue weighted by Gasteiger charge is -2.19. The van der Waals surface area contributed by atoms with E-state index in [2.05, 4.69) is 9.71 Å². The molecule has 0 spiro atoms. The molecule has 0 unspecified atom stereocenters. The number of hydrogen-bond donors (Lipinski definition) is 1. The molecule has 1 fully saturated rings. The van der Waals surface area contributed by atoms with Gasteiger partial charge in [-0.3, -0.25) is 14.9 Å². The number of carbonyl (C=O) groups is 1. The van der Waals surface area contributed by atoms with Crippen molar-refractivity contribution in [1.82, 2.24) is 4.90 Å². The summed E-state index contributed by atoms with van der Waals surface area (Å²) in [5.74, 6) is 0.0971. The van der Waals surface area contributed by atoms with Gasteiger partial charge < -0.3 is 19.7 Å². The summed E-state index contributed by atoms with van der Waals surface area (Å²) in [6.07, 6.45) is 1.40. The molecule has 2 aliphatic rings. The molecule has 4 rings (SSSR count). The predicted octanol–water partition coefficient (Wildman–Crippen LogP) is 2.43. The molecule has 0 saturated carbocycles. The topological polar surface area (TPSA) is 140 Å². The van der Waals surface area contributed by atoms with Crippen LogP contribution in [-0.4, -0.2) is 56.8 Å². The zero-order valence-electron chi connectivity index (χ0n) is 17.1. The van der Waals surface area contributed by atoms with Crippen molar-refractivity contribution in [2.45, 2.75) is 17.7 Å². The SMILES string of the molecule is CN1CCC/C1=N\S(=O)(=O)c1cccc(NC(=O)c2cc3c(cc2[N+](=O)[O-])OCCO3)c1. The van der Waals surface area contributed by atoms with Crippen LogP contribution < -0.4 is 14.8 Å². The molecule has 12 heteroatoms. The van der Waals surface area contributed by atoms with E-state index in [4.69, 9.17) is 9.47 Å². The molecule has 2 aromatic rings. The molecule has 11 nitrogen and oxygen atoms in total. The second-order valence-corrected chi connectivity index (χ2v) is 8.86. The van der Waals surface area contributed by atoms with Gasteiger partial charge in [-0.05, 0) is 24.6 Å². The first-order chi connectivity index (χ1) is 15.2. The summed E-state index contributed by atoms with van der Waals surface area (Å²) < 4.78 is 40.1. The summed E-state index contributed by atoms with van der Waals surface area (Å²) in [4.78, 5) is 25.3. The molecule has 0 bridgehead atoms. The van der Waals surface area contributed by atoms with E-state index in [0.29, 0.717) is 12.3 Å². The summed E-state index contributed by atoms with van der Waals surface area (Å²) >= 11 is 0. The fourth-order valence-corrected chi connectivity index (χ4v) is 4.58. The van der Waals surface area contributed by atoms with Crippen LogP contribution in [0.3, 0.4) is 0 Å². The molecular formula is C20H20N4O7S. The number of ether oxygens (including phenoxy) is 2. The molecule has 0 aliphatic carbocycles. The van der Waals surface area contributed by atoms with Crippen molar-refractivity contribution in [1.29, 1.82) is 0 Å². The Morgan fingerprint density at radius 3 is 2.56 bits per heavy atom. The minimum atomic E-state index is -3.98. The third-order valence-electron chi connectivity index (χ3n) is 5.05. The van der Waals surface area contributed by atoms with Gasteiger partial charge >= 0.3 is 0 Å². The molecule has 1 amide bonds. The minimum absolute atomic E-state index is 0.0974. The molecule has 0 radical (unpaired) electrons. The lowest BCUT2D eigenvalue weighted by Crippen LogP contribution is -2.20. The summed E-state index contributed by atoms with van der Waals surface area (Å²) in [6.45, 7) is 1.24. The van der Waals surface area contributed by atoms with Crippen LogP contribution in [0.25, 0.3) is 0 Å². The molecular weight excluding hydrogens is 440 g/mol. The van der Waals surface area contributed by atoms with E-state index >= 15 is 0 Å². The number of nitrogens with one attached hydrogen (secondary N) is 1. The van der Waals surface area contributed by atoms with Crippen LogP contribution in [0.5, 0.6) is 11.5 Å². The molecule has 2 aromatic carbocycles. The second-order valence-electron chi connectivity index (χ2n) is 7.26. The second kappa shape index (κ2) is 8.46. The van der Waals surface area contributed by atoms with E-state index in [1.54, 1.807) is 11.9 Å². The number of nitrogens with zero attached hydrogens (tertiary/aromatic N) is 3. The first-order valence-electron chi connectivity index (χ1n) is 9.79. The fraction of sp³-hybridized carbons (Fsp3) is 0.300. The van der Waals surface area contributed by atoms with E-state index in [1.165, 1.54) is 30.3 Å². The molecule has 0 atom stereocenters. The van der Waals surface area contributed by atoms with E-state index in [-0.39, 0.29) is 40.9 Å². The summed E-state index contributed by atoms with van der Waals surface area (Å²) in [5.41, 5.74) is -0.535. The Kier molecular flexibility index (Phi) is 5.70. The Bertz CT molecular complexity index is 1230. The Hall–Kier alpha value is -3.67. The highest BCUT2D eigenvalue weighted by Crippen LogP contribution is 2.37. The van der Waals surface area contributed by atoms with Gasteiger partial charge in [-0.1, -0.05) is 6.07 Å². The fourth-order valence-electron chi connectivity index (χ4n) is 3.44. The minimum Gasteiger partial charge on any atom is -0.486 e. The lowest BCUT2D eigenvalue weighted by atomic mass is 10.1. The van der Waals surface area contributed by atoms with Gasteiger partial charge in [0.05, 0.1) is 15.9 Å². The average molecular weight is 460 g/mol. The van der Waals surface area contributed by atoms with Gasteiger partial charge in [-0.2, -0.15) is 8.42 Å². The van der Waals surface area contributed by atoms with Crippen molar-refractivity contribution in [3.05, 3.63) is 52.1 Å². The normalized spacial score (nSPS) is 16.8. The average Bonchev–Trinajstić information content (AvgIpc) is 3.16. The number of hydrogen-bond acceptors (Lipinski definition) is 7. The van der Waals surface area contributed by atoms with Crippen LogP contribution >= 0.6 is 0 Å². The number of fused-ring (bicyclic) bond motifs is 1. The van der Waals surface area contributed by atoms with E-state index in [9.17, 15) is 23.3 Å². The maximum Gasteiger partial charge on any atom is 0.286 e.